The molecule has 1 aliphatic carbocycles. The molecule has 1 fully saturated rings. The molecule has 1 aliphatic rings. The van der Waals surface area contributed by atoms with Crippen LogP contribution in [-0.2, 0) is 11.2 Å². The van der Waals surface area contributed by atoms with Crippen molar-refractivity contribution in [3.8, 4) is 0 Å². The molecule has 2 nitrogen and oxygen atoms in total. The van der Waals surface area contributed by atoms with Crippen molar-refractivity contribution >= 4 is 5.97 Å². The standard InChI is InChI=1S/C12H14O2/c1-9-7-12(9,11(13)14)8-10-5-3-2-4-6-10/h2-6,9H,7-8H2,1H3,(H,13,14). The lowest BCUT2D eigenvalue weighted by molar-refractivity contribution is -0.143. The first-order valence-electron chi connectivity index (χ1n) is 4.92. The lowest BCUT2D eigenvalue weighted by atomic mass is 9.94. The van der Waals surface area contributed by atoms with Crippen LogP contribution in [0.1, 0.15) is 18.9 Å². The zero-order chi connectivity index (χ0) is 10.2. The second kappa shape index (κ2) is 3.12. The van der Waals surface area contributed by atoms with E-state index >= 15 is 0 Å². The van der Waals surface area contributed by atoms with E-state index in [2.05, 4.69) is 0 Å². The van der Waals surface area contributed by atoms with Gasteiger partial charge in [0, 0.05) is 0 Å². The van der Waals surface area contributed by atoms with E-state index in [1.54, 1.807) is 0 Å². The van der Waals surface area contributed by atoms with Gasteiger partial charge in [0.15, 0.2) is 0 Å². The van der Waals surface area contributed by atoms with E-state index in [4.69, 9.17) is 5.11 Å². The molecule has 74 valence electrons. The Kier molecular flexibility index (Phi) is 2.06. The van der Waals surface area contributed by atoms with Crippen LogP contribution in [0.15, 0.2) is 30.3 Å². The maximum Gasteiger partial charge on any atom is 0.310 e. The van der Waals surface area contributed by atoms with Gasteiger partial charge in [-0.15, -0.1) is 0 Å². The predicted octanol–water partition coefficient (Wildman–Crippen LogP) is 2.34. The number of hydrogen-bond acceptors (Lipinski definition) is 1. The van der Waals surface area contributed by atoms with E-state index < -0.39 is 11.4 Å². The van der Waals surface area contributed by atoms with Crippen LogP contribution < -0.4 is 0 Å². The maximum absolute atomic E-state index is 11.1. The summed E-state index contributed by atoms with van der Waals surface area (Å²) in [6.45, 7) is 2.01. The lowest BCUT2D eigenvalue weighted by Crippen LogP contribution is -2.19. The summed E-state index contributed by atoms with van der Waals surface area (Å²) in [5.74, 6) is -0.325. The molecule has 2 atom stereocenters. The Balaban J connectivity index is 2.15. The van der Waals surface area contributed by atoms with Crippen LogP contribution in [0.4, 0.5) is 0 Å². The molecule has 2 unspecified atom stereocenters. The van der Waals surface area contributed by atoms with E-state index in [9.17, 15) is 4.79 Å². The summed E-state index contributed by atoms with van der Waals surface area (Å²) in [5, 5.41) is 9.14. The van der Waals surface area contributed by atoms with Gasteiger partial charge in [0.05, 0.1) is 5.41 Å². The second-order valence-electron chi connectivity index (χ2n) is 4.23. The molecule has 0 radical (unpaired) electrons. The molecule has 0 amide bonds. The Hall–Kier alpha value is -1.31. The van der Waals surface area contributed by atoms with Gasteiger partial charge in [0.1, 0.15) is 0 Å². The maximum atomic E-state index is 11.1. The van der Waals surface area contributed by atoms with Crippen molar-refractivity contribution in [2.24, 2.45) is 11.3 Å². The molecular formula is C12H14O2. The molecule has 2 rings (SSSR count). The largest absolute Gasteiger partial charge is 0.481 e. The highest BCUT2D eigenvalue weighted by Gasteiger charge is 2.57. The molecule has 0 aliphatic heterocycles. The van der Waals surface area contributed by atoms with Crippen molar-refractivity contribution in [3.63, 3.8) is 0 Å². The van der Waals surface area contributed by atoms with Gasteiger partial charge < -0.3 is 5.11 Å². The van der Waals surface area contributed by atoms with Crippen molar-refractivity contribution in [2.75, 3.05) is 0 Å². The molecule has 1 N–H and O–H groups in total. The number of carbonyl (C=O) groups is 1. The van der Waals surface area contributed by atoms with E-state index in [-0.39, 0.29) is 0 Å². The summed E-state index contributed by atoms with van der Waals surface area (Å²) < 4.78 is 0. The summed E-state index contributed by atoms with van der Waals surface area (Å²) in [7, 11) is 0. The predicted molar refractivity (Wildman–Crippen MR) is 54.0 cm³/mol. The van der Waals surface area contributed by atoms with Gasteiger partial charge >= 0.3 is 5.97 Å². The summed E-state index contributed by atoms with van der Waals surface area (Å²) >= 11 is 0. The number of carboxylic acid groups (broad SMARTS) is 1. The lowest BCUT2D eigenvalue weighted by Gasteiger charge is -2.10. The Morgan fingerprint density at radius 3 is 2.50 bits per heavy atom. The summed E-state index contributed by atoms with van der Waals surface area (Å²) in [6.07, 6.45) is 1.49. The third-order valence-corrected chi connectivity index (χ3v) is 3.24. The Labute approximate surface area is 83.6 Å². The van der Waals surface area contributed by atoms with Gasteiger partial charge in [-0.1, -0.05) is 37.3 Å². The van der Waals surface area contributed by atoms with Gasteiger partial charge in [0.25, 0.3) is 0 Å². The van der Waals surface area contributed by atoms with Crippen LogP contribution in [0, 0.1) is 11.3 Å². The number of benzene rings is 1. The highest BCUT2D eigenvalue weighted by atomic mass is 16.4. The van der Waals surface area contributed by atoms with Gasteiger partial charge in [0.2, 0.25) is 0 Å². The third kappa shape index (κ3) is 1.41. The van der Waals surface area contributed by atoms with Gasteiger partial charge in [-0.05, 0) is 24.3 Å². The zero-order valence-electron chi connectivity index (χ0n) is 8.23. The van der Waals surface area contributed by atoms with Crippen molar-refractivity contribution < 1.29 is 9.90 Å². The quantitative estimate of drug-likeness (QED) is 0.794. The molecule has 1 aromatic carbocycles. The van der Waals surface area contributed by atoms with Crippen LogP contribution >= 0.6 is 0 Å². The van der Waals surface area contributed by atoms with Crippen molar-refractivity contribution in [1.82, 2.24) is 0 Å². The first-order valence-corrected chi connectivity index (χ1v) is 4.92. The number of hydrogen-bond donors (Lipinski definition) is 1. The monoisotopic (exact) mass is 190 g/mol. The summed E-state index contributed by atoms with van der Waals surface area (Å²) in [4.78, 5) is 11.1. The minimum absolute atomic E-state index is 0.320. The first kappa shape index (κ1) is 9.25. The molecule has 14 heavy (non-hydrogen) atoms. The zero-order valence-corrected chi connectivity index (χ0v) is 8.23. The molecule has 0 heterocycles. The molecule has 1 saturated carbocycles. The first-order chi connectivity index (χ1) is 6.65. The average Bonchev–Trinajstić information content (AvgIpc) is 2.80. The van der Waals surface area contributed by atoms with Crippen LogP contribution in [0.25, 0.3) is 0 Å². The van der Waals surface area contributed by atoms with Crippen molar-refractivity contribution in [2.45, 2.75) is 19.8 Å². The molecule has 2 heteroatoms. The minimum atomic E-state index is -0.645. The third-order valence-electron chi connectivity index (χ3n) is 3.24. The van der Waals surface area contributed by atoms with Gasteiger partial charge in [-0.25, -0.2) is 0 Å². The van der Waals surface area contributed by atoms with E-state index in [0.29, 0.717) is 12.3 Å². The van der Waals surface area contributed by atoms with Crippen LogP contribution in [0.3, 0.4) is 0 Å². The van der Waals surface area contributed by atoms with E-state index in [1.807, 2.05) is 37.3 Å². The van der Waals surface area contributed by atoms with Crippen molar-refractivity contribution in [3.05, 3.63) is 35.9 Å². The number of carboxylic acids is 1. The fraction of sp³-hybridized carbons (Fsp3) is 0.417. The molecule has 0 spiro atoms. The molecule has 0 aromatic heterocycles. The number of rotatable bonds is 3. The highest BCUT2D eigenvalue weighted by molar-refractivity contribution is 5.79. The van der Waals surface area contributed by atoms with Crippen LogP contribution in [0.5, 0.6) is 0 Å². The molecule has 1 aromatic rings. The molecule has 0 saturated heterocycles. The van der Waals surface area contributed by atoms with Gasteiger partial charge in [-0.3, -0.25) is 4.79 Å². The molecular weight excluding hydrogens is 176 g/mol. The van der Waals surface area contributed by atoms with Gasteiger partial charge in [-0.2, -0.15) is 0 Å². The minimum Gasteiger partial charge on any atom is -0.481 e. The highest BCUT2D eigenvalue weighted by Crippen LogP contribution is 2.54. The Morgan fingerprint density at radius 2 is 2.07 bits per heavy atom. The fourth-order valence-electron chi connectivity index (χ4n) is 2.07. The van der Waals surface area contributed by atoms with E-state index in [0.717, 1.165) is 12.0 Å². The van der Waals surface area contributed by atoms with Crippen LogP contribution in [-0.4, -0.2) is 11.1 Å². The van der Waals surface area contributed by atoms with Crippen LogP contribution in [0.2, 0.25) is 0 Å². The number of aliphatic carboxylic acids is 1. The average molecular weight is 190 g/mol. The second-order valence-corrected chi connectivity index (χ2v) is 4.23. The SMILES string of the molecule is CC1CC1(Cc1ccccc1)C(=O)O. The smallest absolute Gasteiger partial charge is 0.310 e. The summed E-state index contributed by atoms with van der Waals surface area (Å²) in [5.41, 5.74) is 0.653. The summed E-state index contributed by atoms with van der Waals surface area (Å²) in [6, 6.07) is 9.86. The van der Waals surface area contributed by atoms with E-state index in [1.165, 1.54) is 0 Å². The Morgan fingerprint density at radius 1 is 1.50 bits per heavy atom. The van der Waals surface area contributed by atoms with Crippen molar-refractivity contribution in [1.29, 1.82) is 0 Å². The Bertz CT molecular complexity index is 345. The molecule has 0 bridgehead atoms. The topological polar surface area (TPSA) is 37.3 Å². The fourth-order valence-corrected chi connectivity index (χ4v) is 2.07. The normalized spacial score (nSPS) is 29.9.